The maximum Gasteiger partial charge on any atom is 0.272 e. The van der Waals surface area contributed by atoms with Crippen LogP contribution in [0.4, 0.5) is 5.69 Å². The predicted molar refractivity (Wildman–Crippen MR) is 158 cm³/mol. The third-order valence-corrected chi connectivity index (χ3v) is 13.0. The summed E-state index contributed by atoms with van der Waals surface area (Å²) in [6.07, 6.45) is -0.190. The Labute approximate surface area is 268 Å². The Morgan fingerprint density at radius 1 is 1.09 bits per heavy atom. The summed E-state index contributed by atoms with van der Waals surface area (Å²) in [5, 5.41) is 23.9. The average molecular weight is 660 g/mol. The van der Waals surface area contributed by atoms with Crippen LogP contribution in [-0.2, 0) is 30.8 Å². The van der Waals surface area contributed by atoms with E-state index in [0.29, 0.717) is 23.2 Å². The van der Waals surface area contributed by atoms with E-state index in [0.717, 1.165) is 77.0 Å². The first-order valence-electron chi connectivity index (χ1n) is 15.3. The molecular formula is C31H38ClN5O7S. The molecule has 14 heteroatoms. The number of piperazine rings is 3. The van der Waals surface area contributed by atoms with E-state index < -0.39 is 45.9 Å². The number of hydrogen-bond donors (Lipinski definition) is 2. The highest BCUT2D eigenvalue weighted by Crippen LogP contribution is 2.49. The second kappa shape index (κ2) is 10.7. The van der Waals surface area contributed by atoms with Gasteiger partial charge in [0.05, 0.1) is 53.4 Å². The number of carboxylic acid groups (broad SMARTS) is 1. The van der Waals surface area contributed by atoms with E-state index in [9.17, 15) is 33.0 Å². The van der Waals surface area contributed by atoms with Gasteiger partial charge in [0, 0.05) is 17.7 Å². The molecule has 8 rings (SSSR count). The molecule has 2 amide bonds. The number of aliphatic carboxylic acids is 1. The molecule has 0 spiro atoms. The fraction of sp³-hybridized carbons (Fsp3) is 0.516. The molecule has 45 heavy (non-hydrogen) atoms. The highest BCUT2D eigenvalue weighted by atomic mass is 35.5. The maximum atomic E-state index is 14.0. The van der Waals surface area contributed by atoms with Gasteiger partial charge in [0.2, 0.25) is 5.91 Å². The van der Waals surface area contributed by atoms with Crippen molar-refractivity contribution in [2.24, 2.45) is 17.6 Å². The molecule has 2 aromatic carbocycles. The van der Waals surface area contributed by atoms with Crippen LogP contribution in [0.1, 0.15) is 19.4 Å². The van der Waals surface area contributed by atoms with Gasteiger partial charge in [-0.1, -0.05) is 25.1 Å². The molecule has 2 aromatic rings. The van der Waals surface area contributed by atoms with Crippen molar-refractivity contribution in [1.82, 2.24) is 4.90 Å². The fourth-order valence-electron chi connectivity index (χ4n) is 8.68. The number of β-lactam (4-membered cyclic amide) rings is 1. The van der Waals surface area contributed by atoms with Crippen LogP contribution in [0.25, 0.3) is 10.8 Å². The van der Waals surface area contributed by atoms with Gasteiger partial charge in [0.1, 0.15) is 39.3 Å². The number of carbonyl (C=O) groups is 3. The van der Waals surface area contributed by atoms with E-state index >= 15 is 0 Å². The number of quaternary nitrogens is 2. The van der Waals surface area contributed by atoms with Crippen molar-refractivity contribution in [3.63, 3.8) is 0 Å². The molecule has 6 aliphatic heterocycles. The minimum Gasteiger partial charge on any atom is -1.00 e. The van der Waals surface area contributed by atoms with Crippen LogP contribution in [0.15, 0.2) is 46.5 Å². The van der Waals surface area contributed by atoms with E-state index in [1.165, 1.54) is 11.2 Å². The van der Waals surface area contributed by atoms with Crippen LogP contribution < -0.4 is 27.6 Å². The second-order valence-corrected chi connectivity index (χ2v) is 15.3. The first-order chi connectivity index (χ1) is 20.8. The number of primary amides is 1. The summed E-state index contributed by atoms with van der Waals surface area (Å²) in [4.78, 5) is 38.0. The zero-order valence-corrected chi connectivity index (χ0v) is 26.9. The van der Waals surface area contributed by atoms with E-state index in [1.54, 1.807) is 19.1 Å². The highest BCUT2D eigenvalue weighted by molar-refractivity contribution is 7.93. The molecule has 6 aliphatic rings. The molecule has 4 fully saturated rings. The first kappa shape index (κ1) is 31.7. The normalized spacial score (nSPS) is 31.5. The number of amides is 2. The predicted octanol–water partition coefficient (Wildman–Crippen LogP) is -4.10. The number of carbonyl (C=O) groups excluding carboxylic acids is 3. The van der Waals surface area contributed by atoms with Gasteiger partial charge in [-0.05, 0) is 35.6 Å². The van der Waals surface area contributed by atoms with Gasteiger partial charge in [-0.15, -0.1) is 0 Å². The van der Waals surface area contributed by atoms with Gasteiger partial charge in [-0.25, -0.2) is 8.42 Å². The second-order valence-electron chi connectivity index (χ2n) is 13.5. The summed E-state index contributed by atoms with van der Waals surface area (Å²) in [6, 6.07) is 8.51. The van der Waals surface area contributed by atoms with Crippen LogP contribution in [0.3, 0.4) is 0 Å². The van der Waals surface area contributed by atoms with Gasteiger partial charge in [-0.3, -0.25) is 13.9 Å². The Kier molecular flexibility index (Phi) is 7.52. The molecule has 3 N–H and O–H groups in total. The summed E-state index contributed by atoms with van der Waals surface area (Å²) in [5.41, 5.74) is 7.08. The molecule has 2 bridgehead atoms. The van der Waals surface area contributed by atoms with Crippen molar-refractivity contribution in [3.8, 4) is 0 Å². The lowest BCUT2D eigenvalue weighted by molar-refractivity contribution is -1.08. The molecule has 4 saturated heterocycles. The highest BCUT2D eigenvalue weighted by Gasteiger charge is 2.59. The third-order valence-electron chi connectivity index (χ3n) is 11.2. The lowest BCUT2D eigenvalue weighted by Crippen LogP contribution is -3.00. The molecule has 12 nitrogen and oxygen atoms in total. The summed E-state index contributed by atoms with van der Waals surface area (Å²) in [7, 11) is -4.01. The Hall–Kier alpha value is -3.23. The number of nitrogens with zero attached hydrogens (tertiary/aromatic N) is 4. The first-order valence-corrected chi connectivity index (χ1v) is 16.7. The van der Waals surface area contributed by atoms with E-state index in [4.69, 9.17) is 5.73 Å². The summed E-state index contributed by atoms with van der Waals surface area (Å²) < 4.78 is 30.9. The van der Waals surface area contributed by atoms with Crippen molar-refractivity contribution >= 4 is 44.3 Å². The standard InChI is InChI=1S/C31H37N5O7S.ClH/c1-18-22(29(31(40)41)34-28(18)26(19(2)37)30(34)39)16-33-23-5-3-4-21-20(6-7-24(27(21)23)44(33,42)43)8-9-35-10-13-36(14-11-35,15-12-35)17-25(32)38;/h3-7,18-19,26,28,37H,8-17H2,1-2H3,(H-2,32,38,40,41);1H/t18-,19+,26+,28+,35?,36?;/m0./s1. The molecule has 0 aromatic heterocycles. The van der Waals surface area contributed by atoms with E-state index in [2.05, 4.69) is 0 Å². The number of carboxylic acids is 1. The van der Waals surface area contributed by atoms with Crippen molar-refractivity contribution in [2.75, 3.05) is 63.2 Å². The Balaban J connectivity index is 0.00000357. The van der Waals surface area contributed by atoms with Gasteiger partial charge >= 0.3 is 0 Å². The molecule has 6 heterocycles. The van der Waals surface area contributed by atoms with Crippen molar-refractivity contribution in [2.45, 2.75) is 37.3 Å². The number of nitrogens with two attached hydrogens (primary N) is 1. The number of anilines is 1. The minimum absolute atomic E-state index is 0. The van der Waals surface area contributed by atoms with Gasteiger partial charge < -0.3 is 47.0 Å². The molecule has 242 valence electrons. The SMILES string of the molecule is C[C@@H](O)[C@H]1C(=O)N2C(C(=O)[O-])=C(CN3c4cccc5c(CC[N+]67CC[N+](CC(N)=O)(CC6)CC7)ccc(c45)S3(=O)=O)[C@H](C)[C@H]12.[Cl-]. The average Bonchev–Trinajstić information content (AvgIpc) is 3.34. The molecule has 0 aliphatic carbocycles. The van der Waals surface area contributed by atoms with Crippen molar-refractivity contribution in [1.29, 1.82) is 0 Å². The smallest absolute Gasteiger partial charge is 0.272 e. The Morgan fingerprint density at radius 2 is 1.73 bits per heavy atom. The van der Waals surface area contributed by atoms with Crippen molar-refractivity contribution < 1.29 is 54.4 Å². The molecular weight excluding hydrogens is 622 g/mol. The number of benzene rings is 2. The number of hydrogen-bond acceptors (Lipinski definition) is 7. The van der Waals surface area contributed by atoms with Crippen LogP contribution >= 0.6 is 0 Å². The number of sulfonamides is 1. The molecule has 0 unspecified atom stereocenters. The number of rotatable bonds is 9. The monoisotopic (exact) mass is 659 g/mol. The topological polar surface area (TPSA) is 161 Å². The number of fused-ring (bicyclic) bond motifs is 4. The van der Waals surface area contributed by atoms with Gasteiger partial charge in [0.25, 0.3) is 15.9 Å². The van der Waals surface area contributed by atoms with Crippen LogP contribution in [-0.4, -0.2) is 116 Å². The Morgan fingerprint density at radius 3 is 2.33 bits per heavy atom. The molecule has 0 saturated carbocycles. The number of halogens is 1. The van der Waals surface area contributed by atoms with Crippen LogP contribution in [0.5, 0.6) is 0 Å². The summed E-state index contributed by atoms with van der Waals surface area (Å²) in [6.45, 7) is 10.1. The van der Waals surface area contributed by atoms with E-state index in [1.807, 2.05) is 18.2 Å². The van der Waals surface area contributed by atoms with Crippen LogP contribution in [0.2, 0.25) is 0 Å². The zero-order valence-electron chi connectivity index (χ0n) is 25.3. The van der Waals surface area contributed by atoms with E-state index in [-0.39, 0.29) is 35.5 Å². The minimum atomic E-state index is -4.01. The molecule has 4 atom stereocenters. The fourth-order valence-corrected chi connectivity index (χ4v) is 10.3. The Bertz CT molecular complexity index is 1750. The zero-order chi connectivity index (χ0) is 31.3. The van der Waals surface area contributed by atoms with Crippen LogP contribution in [0, 0.1) is 11.8 Å². The third kappa shape index (κ3) is 4.57. The van der Waals surface area contributed by atoms with Gasteiger partial charge in [0.15, 0.2) is 6.54 Å². The number of aliphatic hydroxyl groups is 1. The molecule has 0 radical (unpaired) electrons. The quantitative estimate of drug-likeness (QED) is 0.204. The lowest BCUT2D eigenvalue weighted by Gasteiger charge is -2.55. The lowest BCUT2D eigenvalue weighted by atomic mass is 9.78. The van der Waals surface area contributed by atoms with Crippen molar-refractivity contribution in [3.05, 3.63) is 47.2 Å². The maximum absolute atomic E-state index is 14.0. The summed E-state index contributed by atoms with van der Waals surface area (Å²) >= 11 is 0. The largest absolute Gasteiger partial charge is 1.00 e. The summed E-state index contributed by atoms with van der Waals surface area (Å²) in [5.74, 6) is -3.50. The number of aliphatic hydroxyl groups excluding tert-OH is 1. The van der Waals surface area contributed by atoms with Gasteiger partial charge in [-0.2, -0.15) is 0 Å².